The number of hydrogen-bond acceptors (Lipinski definition) is 3. The number of likely N-dealkylation sites (tertiary alicyclic amines) is 1. The van der Waals surface area contributed by atoms with Crippen LogP contribution in [0.4, 0.5) is 0 Å². The molecule has 5 heteroatoms. The van der Waals surface area contributed by atoms with Gasteiger partial charge in [-0.05, 0) is 42.4 Å². The first kappa shape index (κ1) is 15.8. The molecule has 2 fully saturated rings. The largest absolute Gasteiger partial charge is 0.352 e. The van der Waals surface area contributed by atoms with Crippen molar-refractivity contribution >= 4 is 17.5 Å². The fourth-order valence-electron chi connectivity index (χ4n) is 3.74. The summed E-state index contributed by atoms with van der Waals surface area (Å²) in [6, 6.07) is 7.97. The third-order valence-corrected chi connectivity index (χ3v) is 5.25. The summed E-state index contributed by atoms with van der Waals surface area (Å²) in [5, 5.41) is 3.66. The van der Waals surface area contributed by atoms with Crippen molar-refractivity contribution in [3.8, 4) is 0 Å². The number of piperidine rings is 1. The van der Waals surface area contributed by atoms with E-state index in [1.54, 1.807) is 0 Å². The van der Waals surface area contributed by atoms with Gasteiger partial charge < -0.3 is 16.0 Å². The Morgan fingerprint density at radius 2 is 2.05 bits per heavy atom. The lowest BCUT2D eigenvalue weighted by molar-refractivity contribution is -0.121. The van der Waals surface area contributed by atoms with Crippen molar-refractivity contribution in [1.82, 2.24) is 10.2 Å². The molecule has 1 aliphatic carbocycles. The van der Waals surface area contributed by atoms with E-state index in [0.29, 0.717) is 35.9 Å². The van der Waals surface area contributed by atoms with Crippen LogP contribution in [0.2, 0.25) is 5.02 Å². The zero-order valence-corrected chi connectivity index (χ0v) is 13.6. The smallest absolute Gasteiger partial charge is 0.221 e. The first-order valence-electron chi connectivity index (χ1n) is 8.11. The first-order valence-corrected chi connectivity index (χ1v) is 8.48. The number of carbonyl (C=O) groups is 1. The highest BCUT2D eigenvalue weighted by Crippen LogP contribution is 2.35. The predicted molar refractivity (Wildman–Crippen MR) is 88.5 cm³/mol. The fourth-order valence-corrected chi connectivity index (χ4v) is 3.95. The molecule has 0 spiro atoms. The van der Waals surface area contributed by atoms with Gasteiger partial charge in [-0.25, -0.2) is 0 Å². The normalized spacial score (nSPS) is 27.8. The van der Waals surface area contributed by atoms with Gasteiger partial charge in [-0.3, -0.25) is 4.79 Å². The Bertz CT molecular complexity index is 522. The minimum absolute atomic E-state index is 0.0993. The van der Waals surface area contributed by atoms with E-state index in [2.05, 4.69) is 10.2 Å². The third kappa shape index (κ3) is 3.80. The summed E-state index contributed by atoms with van der Waals surface area (Å²) in [6.45, 7) is 3.48. The second-order valence-electron chi connectivity index (χ2n) is 6.59. The molecule has 1 aliphatic heterocycles. The number of carbonyl (C=O) groups excluding carboxylic acids is 1. The Hall–Kier alpha value is -1.10. The van der Waals surface area contributed by atoms with Crippen molar-refractivity contribution in [3.63, 3.8) is 0 Å². The topological polar surface area (TPSA) is 58.4 Å². The average molecular weight is 322 g/mol. The van der Waals surface area contributed by atoms with Crippen molar-refractivity contribution in [2.45, 2.75) is 31.8 Å². The number of nitrogens with one attached hydrogen (secondary N) is 1. The lowest BCUT2D eigenvalue weighted by Crippen LogP contribution is -2.49. The molecule has 3 N–H and O–H groups in total. The van der Waals surface area contributed by atoms with E-state index in [1.165, 1.54) is 12.8 Å². The molecule has 120 valence electrons. The van der Waals surface area contributed by atoms with Crippen LogP contribution >= 0.6 is 11.6 Å². The molecule has 1 unspecified atom stereocenters. The summed E-state index contributed by atoms with van der Waals surface area (Å²) < 4.78 is 0. The molecule has 2 bridgehead atoms. The number of amides is 1. The highest BCUT2D eigenvalue weighted by Gasteiger charge is 2.39. The molecule has 0 radical (unpaired) electrons. The van der Waals surface area contributed by atoms with Crippen LogP contribution in [0, 0.1) is 11.8 Å². The summed E-state index contributed by atoms with van der Waals surface area (Å²) in [4.78, 5) is 14.4. The number of nitrogens with zero attached hydrogens (tertiary/aromatic N) is 1. The Morgan fingerprint density at radius 3 is 2.73 bits per heavy atom. The van der Waals surface area contributed by atoms with Gasteiger partial charge in [0.15, 0.2) is 0 Å². The molecule has 3 atom stereocenters. The molecule has 1 amide bonds. The lowest BCUT2D eigenvalue weighted by Gasteiger charge is -2.36. The summed E-state index contributed by atoms with van der Waals surface area (Å²) in [6.07, 6.45) is 3.06. The molecule has 0 aromatic heterocycles. The number of halogens is 1. The molecular weight excluding hydrogens is 298 g/mol. The molecule has 2 aliphatic rings. The third-order valence-electron chi connectivity index (χ3n) is 5.02. The van der Waals surface area contributed by atoms with E-state index in [1.807, 2.05) is 24.3 Å². The Morgan fingerprint density at radius 1 is 1.32 bits per heavy atom. The van der Waals surface area contributed by atoms with Crippen molar-refractivity contribution in [1.29, 1.82) is 0 Å². The number of hydrogen-bond donors (Lipinski definition) is 2. The first-order chi connectivity index (χ1) is 10.6. The van der Waals surface area contributed by atoms with Crippen LogP contribution in [-0.4, -0.2) is 36.5 Å². The molecular formula is C17H24ClN3O. The standard InChI is InChI=1S/C17H24ClN3O/c18-15-3-1-2-12(8-15)9-20-16(22)6-7-21-10-13-4-5-14(11-21)17(13)19/h1-3,8,13-14,17H,4-7,9-11,19H2,(H,20,22)/t13-,14+,17?. The molecule has 22 heavy (non-hydrogen) atoms. The minimum atomic E-state index is 0.0993. The Labute approximate surface area is 137 Å². The number of nitrogens with two attached hydrogens (primary N) is 1. The van der Waals surface area contributed by atoms with E-state index in [4.69, 9.17) is 17.3 Å². The molecule has 1 aromatic carbocycles. The average Bonchev–Trinajstić information content (AvgIpc) is 2.73. The number of fused-ring (bicyclic) bond motifs is 2. The van der Waals surface area contributed by atoms with Crippen LogP contribution in [0.15, 0.2) is 24.3 Å². The maximum atomic E-state index is 12.0. The Kier molecular flexibility index (Phi) is 5.01. The zero-order chi connectivity index (χ0) is 15.5. The SMILES string of the molecule is NC1[C@@H]2CC[C@H]1CN(CCC(=O)NCc1cccc(Cl)c1)C2. The van der Waals surface area contributed by atoms with Crippen LogP contribution in [0.25, 0.3) is 0 Å². The van der Waals surface area contributed by atoms with Crippen molar-refractivity contribution in [2.75, 3.05) is 19.6 Å². The fraction of sp³-hybridized carbons (Fsp3) is 0.588. The van der Waals surface area contributed by atoms with Crippen LogP contribution in [0.5, 0.6) is 0 Å². The molecule has 1 heterocycles. The van der Waals surface area contributed by atoms with Crippen molar-refractivity contribution in [2.24, 2.45) is 17.6 Å². The van der Waals surface area contributed by atoms with Gasteiger partial charge in [0, 0.05) is 43.7 Å². The van der Waals surface area contributed by atoms with Crippen LogP contribution in [-0.2, 0) is 11.3 Å². The van der Waals surface area contributed by atoms with E-state index in [9.17, 15) is 4.79 Å². The van der Waals surface area contributed by atoms with Gasteiger partial charge in [-0.2, -0.15) is 0 Å². The van der Waals surface area contributed by atoms with Gasteiger partial charge >= 0.3 is 0 Å². The highest BCUT2D eigenvalue weighted by molar-refractivity contribution is 6.30. The number of benzene rings is 1. The summed E-state index contributed by atoms with van der Waals surface area (Å²) >= 11 is 5.94. The van der Waals surface area contributed by atoms with Gasteiger partial charge in [0.25, 0.3) is 0 Å². The second kappa shape index (κ2) is 6.99. The minimum Gasteiger partial charge on any atom is -0.352 e. The van der Waals surface area contributed by atoms with Crippen molar-refractivity contribution in [3.05, 3.63) is 34.9 Å². The maximum Gasteiger partial charge on any atom is 0.221 e. The van der Waals surface area contributed by atoms with Crippen LogP contribution < -0.4 is 11.1 Å². The Balaban J connectivity index is 1.40. The van der Waals surface area contributed by atoms with Crippen molar-refractivity contribution < 1.29 is 4.79 Å². The highest BCUT2D eigenvalue weighted by atomic mass is 35.5. The van der Waals surface area contributed by atoms with Gasteiger partial charge in [0.1, 0.15) is 0 Å². The molecule has 4 nitrogen and oxygen atoms in total. The van der Waals surface area contributed by atoms with Crippen LogP contribution in [0.3, 0.4) is 0 Å². The van der Waals surface area contributed by atoms with Gasteiger partial charge in [-0.1, -0.05) is 23.7 Å². The zero-order valence-electron chi connectivity index (χ0n) is 12.8. The molecule has 1 saturated heterocycles. The van der Waals surface area contributed by atoms with Crippen LogP contribution in [0.1, 0.15) is 24.8 Å². The van der Waals surface area contributed by atoms with Gasteiger partial charge in [0.2, 0.25) is 5.91 Å². The monoisotopic (exact) mass is 321 g/mol. The quantitative estimate of drug-likeness (QED) is 0.872. The van der Waals surface area contributed by atoms with Gasteiger partial charge in [0.05, 0.1) is 0 Å². The second-order valence-corrected chi connectivity index (χ2v) is 7.03. The molecule has 1 aromatic rings. The lowest BCUT2D eigenvalue weighted by atomic mass is 9.93. The van der Waals surface area contributed by atoms with E-state index in [-0.39, 0.29) is 5.91 Å². The molecule has 1 saturated carbocycles. The van der Waals surface area contributed by atoms with Gasteiger partial charge in [-0.15, -0.1) is 0 Å². The van der Waals surface area contributed by atoms with E-state index >= 15 is 0 Å². The summed E-state index contributed by atoms with van der Waals surface area (Å²) in [5.74, 6) is 1.36. The molecule has 3 rings (SSSR count). The van der Waals surface area contributed by atoms with E-state index < -0.39 is 0 Å². The predicted octanol–water partition coefficient (Wildman–Crippen LogP) is 2.02. The number of rotatable bonds is 5. The summed E-state index contributed by atoms with van der Waals surface area (Å²) in [7, 11) is 0. The summed E-state index contributed by atoms with van der Waals surface area (Å²) in [5.41, 5.74) is 7.24. The van der Waals surface area contributed by atoms with E-state index in [0.717, 1.165) is 25.2 Å². The maximum absolute atomic E-state index is 12.0.